The zero-order valence-electron chi connectivity index (χ0n) is 11.6. The number of alkyl halides is 3. The van der Waals surface area contributed by atoms with E-state index in [-0.39, 0.29) is 5.75 Å². The Bertz CT molecular complexity index is 418. The van der Waals surface area contributed by atoms with Gasteiger partial charge in [-0.25, -0.2) is 4.39 Å². The van der Waals surface area contributed by atoms with Gasteiger partial charge in [-0.05, 0) is 37.6 Å². The summed E-state index contributed by atoms with van der Waals surface area (Å²) >= 11 is 0. The molecule has 0 saturated carbocycles. The summed E-state index contributed by atoms with van der Waals surface area (Å²) in [5.74, 6) is -1.25. The van der Waals surface area contributed by atoms with E-state index < -0.39 is 17.6 Å². The van der Waals surface area contributed by atoms with Gasteiger partial charge in [0.25, 0.3) is 0 Å². The maximum Gasteiger partial charge on any atom is 0.419 e. The van der Waals surface area contributed by atoms with Crippen LogP contribution in [-0.4, -0.2) is 19.2 Å². The highest BCUT2D eigenvalue weighted by Gasteiger charge is 2.34. The fourth-order valence-electron chi connectivity index (χ4n) is 1.62. The summed E-state index contributed by atoms with van der Waals surface area (Å²) in [5.41, 5.74) is -1.29. The lowest BCUT2D eigenvalue weighted by Gasteiger charge is -2.11. The van der Waals surface area contributed by atoms with Crippen molar-refractivity contribution in [3.63, 3.8) is 0 Å². The summed E-state index contributed by atoms with van der Waals surface area (Å²) in [4.78, 5) is 0. The molecule has 0 atom stereocenters. The molecule has 0 fully saturated rings. The molecule has 0 aromatic heterocycles. The van der Waals surface area contributed by atoms with Gasteiger partial charge in [0.1, 0.15) is 11.6 Å². The smallest absolute Gasteiger partial charge is 0.419 e. The highest BCUT2D eigenvalue weighted by atomic mass is 19.4. The predicted molar refractivity (Wildman–Crippen MR) is 69.3 cm³/mol. The molecule has 0 amide bonds. The van der Waals surface area contributed by atoms with E-state index >= 15 is 0 Å². The van der Waals surface area contributed by atoms with E-state index in [0.29, 0.717) is 18.7 Å². The fraction of sp³-hybridized carbons (Fsp3) is 0.571. The Labute approximate surface area is 116 Å². The Kier molecular flexibility index (Phi) is 6.26. The molecule has 114 valence electrons. The first-order chi connectivity index (χ1) is 9.30. The number of unbranched alkanes of at least 4 members (excludes halogenated alkanes) is 1. The van der Waals surface area contributed by atoms with Crippen LogP contribution >= 0.6 is 0 Å². The van der Waals surface area contributed by atoms with Crippen LogP contribution in [-0.2, 0) is 6.18 Å². The highest BCUT2D eigenvalue weighted by Crippen LogP contribution is 2.33. The summed E-state index contributed by atoms with van der Waals surface area (Å²) in [6.07, 6.45) is -3.12. The normalized spacial score (nSPS) is 11.9. The lowest BCUT2D eigenvalue weighted by atomic mass is 10.2. The van der Waals surface area contributed by atoms with E-state index in [1.54, 1.807) is 0 Å². The summed E-state index contributed by atoms with van der Waals surface area (Å²) in [5, 5.41) is 3.23. The third-order valence-electron chi connectivity index (χ3n) is 2.64. The van der Waals surface area contributed by atoms with Crippen molar-refractivity contribution < 1.29 is 22.3 Å². The van der Waals surface area contributed by atoms with Crippen LogP contribution in [0.3, 0.4) is 0 Å². The molecule has 1 aromatic rings. The van der Waals surface area contributed by atoms with Gasteiger partial charge in [0.15, 0.2) is 0 Å². The maximum absolute atomic E-state index is 13.0. The van der Waals surface area contributed by atoms with Crippen LogP contribution in [0.1, 0.15) is 32.3 Å². The second kappa shape index (κ2) is 7.47. The van der Waals surface area contributed by atoms with Crippen LogP contribution in [0.5, 0.6) is 5.75 Å². The highest BCUT2D eigenvalue weighted by molar-refractivity contribution is 5.31. The number of hydrogen-bond donors (Lipinski definition) is 1. The van der Waals surface area contributed by atoms with Crippen LogP contribution in [0, 0.1) is 5.82 Å². The predicted octanol–water partition coefficient (Wildman–Crippen LogP) is 4.00. The van der Waals surface area contributed by atoms with E-state index in [1.165, 1.54) is 6.07 Å². The minimum absolute atomic E-state index is 0.0375. The first kappa shape index (κ1) is 16.8. The molecular weight excluding hydrogens is 274 g/mol. The molecule has 0 heterocycles. The third-order valence-corrected chi connectivity index (χ3v) is 2.64. The summed E-state index contributed by atoms with van der Waals surface area (Å²) in [6, 6.07) is 3.08. The minimum Gasteiger partial charge on any atom is -0.494 e. The zero-order valence-corrected chi connectivity index (χ0v) is 11.6. The molecular formula is C14H19F4NO. The number of rotatable bonds is 7. The second-order valence-electron chi connectivity index (χ2n) is 4.80. The number of nitrogens with one attached hydrogen (secondary N) is 1. The number of hydrogen-bond acceptors (Lipinski definition) is 2. The van der Waals surface area contributed by atoms with Gasteiger partial charge in [0.05, 0.1) is 12.2 Å². The van der Waals surface area contributed by atoms with Gasteiger partial charge in [0, 0.05) is 6.04 Å². The third kappa shape index (κ3) is 5.77. The van der Waals surface area contributed by atoms with Gasteiger partial charge in [0.2, 0.25) is 0 Å². The Morgan fingerprint density at radius 3 is 2.50 bits per heavy atom. The molecule has 0 radical (unpaired) electrons. The molecule has 20 heavy (non-hydrogen) atoms. The number of ether oxygens (including phenoxy) is 1. The van der Waals surface area contributed by atoms with Gasteiger partial charge in [-0.15, -0.1) is 0 Å². The minimum atomic E-state index is -4.70. The van der Waals surface area contributed by atoms with Gasteiger partial charge in [-0.1, -0.05) is 13.8 Å². The second-order valence-corrected chi connectivity index (χ2v) is 4.80. The largest absolute Gasteiger partial charge is 0.494 e. The Morgan fingerprint density at radius 1 is 1.20 bits per heavy atom. The molecule has 0 unspecified atom stereocenters. The first-order valence-corrected chi connectivity index (χ1v) is 6.53. The van der Waals surface area contributed by atoms with Crippen molar-refractivity contribution in [1.29, 1.82) is 0 Å². The molecule has 0 aliphatic heterocycles. The van der Waals surface area contributed by atoms with E-state index in [9.17, 15) is 17.6 Å². The Hall–Kier alpha value is -1.30. The first-order valence-electron chi connectivity index (χ1n) is 6.53. The van der Waals surface area contributed by atoms with Crippen LogP contribution < -0.4 is 10.1 Å². The van der Waals surface area contributed by atoms with E-state index in [2.05, 4.69) is 5.32 Å². The molecule has 0 saturated heterocycles. The maximum atomic E-state index is 13.0. The summed E-state index contributed by atoms with van der Waals surface area (Å²) in [7, 11) is 0. The van der Waals surface area contributed by atoms with Gasteiger partial charge < -0.3 is 10.1 Å². The van der Waals surface area contributed by atoms with Crippen molar-refractivity contribution in [3.8, 4) is 5.75 Å². The fourth-order valence-corrected chi connectivity index (χ4v) is 1.62. The Balaban J connectivity index is 2.41. The molecule has 1 aromatic carbocycles. The monoisotopic (exact) mass is 293 g/mol. The molecule has 6 heteroatoms. The van der Waals surface area contributed by atoms with Crippen molar-refractivity contribution in [2.45, 2.75) is 38.9 Å². The van der Waals surface area contributed by atoms with E-state index in [0.717, 1.165) is 25.5 Å². The van der Waals surface area contributed by atoms with Crippen molar-refractivity contribution in [1.82, 2.24) is 5.32 Å². The lowest BCUT2D eigenvalue weighted by molar-refractivity contribution is -0.140. The molecule has 0 aliphatic rings. The van der Waals surface area contributed by atoms with Crippen molar-refractivity contribution in [3.05, 3.63) is 29.6 Å². The van der Waals surface area contributed by atoms with Crippen LogP contribution in [0.15, 0.2) is 18.2 Å². The van der Waals surface area contributed by atoms with Crippen LogP contribution in [0.2, 0.25) is 0 Å². The summed E-state index contributed by atoms with van der Waals surface area (Å²) in [6.45, 7) is 5.21. The van der Waals surface area contributed by atoms with E-state index in [4.69, 9.17) is 4.74 Å². The van der Waals surface area contributed by atoms with Crippen LogP contribution in [0.4, 0.5) is 17.6 Å². The number of halogens is 4. The van der Waals surface area contributed by atoms with Crippen molar-refractivity contribution >= 4 is 0 Å². The molecule has 0 spiro atoms. The molecule has 0 bridgehead atoms. The lowest BCUT2D eigenvalue weighted by Crippen LogP contribution is -2.23. The molecule has 2 nitrogen and oxygen atoms in total. The van der Waals surface area contributed by atoms with Crippen molar-refractivity contribution in [2.75, 3.05) is 13.2 Å². The average molecular weight is 293 g/mol. The molecule has 1 rings (SSSR count). The Morgan fingerprint density at radius 2 is 1.90 bits per heavy atom. The quantitative estimate of drug-likeness (QED) is 0.606. The molecule has 0 aliphatic carbocycles. The van der Waals surface area contributed by atoms with Crippen molar-refractivity contribution in [2.24, 2.45) is 0 Å². The van der Waals surface area contributed by atoms with E-state index in [1.807, 2.05) is 13.8 Å². The van der Waals surface area contributed by atoms with Gasteiger partial charge in [-0.3, -0.25) is 0 Å². The van der Waals surface area contributed by atoms with Crippen LogP contribution in [0.25, 0.3) is 0 Å². The SMILES string of the molecule is CC(C)NCCCCOc1ccc(F)c(C(F)(F)F)c1. The topological polar surface area (TPSA) is 21.3 Å². The standard InChI is InChI=1S/C14H19F4NO/c1-10(2)19-7-3-4-8-20-11-5-6-13(15)12(9-11)14(16,17)18/h5-6,9-10,19H,3-4,7-8H2,1-2H3. The number of benzene rings is 1. The molecule has 1 N–H and O–H groups in total. The zero-order chi connectivity index (χ0) is 15.2. The van der Waals surface area contributed by atoms with Gasteiger partial charge in [-0.2, -0.15) is 13.2 Å². The average Bonchev–Trinajstić information content (AvgIpc) is 2.33. The summed E-state index contributed by atoms with van der Waals surface area (Å²) < 4.78 is 55.7. The van der Waals surface area contributed by atoms with Gasteiger partial charge >= 0.3 is 6.18 Å².